The lowest BCUT2D eigenvalue weighted by Gasteiger charge is -2.09. The molecule has 0 saturated carbocycles. The molecule has 30 heavy (non-hydrogen) atoms. The summed E-state index contributed by atoms with van der Waals surface area (Å²) in [5.41, 5.74) is 3.06. The lowest BCUT2D eigenvalue weighted by molar-refractivity contribution is -0.111. The molecule has 3 aromatic rings. The van der Waals surface area contributed by atoms with E-state index in [0.717, 1.165) is 23.4 Å². The van der Waals surface area contributed by atoms with E-state index in [-0.39, 0.29) is 11.9 Å². The molecule has 0 aliphatic heterocycles. The van der Waals surface area contributed by atoms with E-state index in [2.05, 4.69) is 34.2 Å². The maximum Gasteiger partial charge on any atom is 0.321 e. The molecule has 0 unspecified atom stereocenters. The first-order valence-corrected chi connectivity index (χ1v) is 9.98. The van der Waals surface area contributed by atoms with Crippen molar-refractivity contribution in [3.8, 4) is 11.8 Å². The quantitative estimate of drug-likeness (QED) is 0.536. The topological polar surface area (TPSA) is 81.9 Å². The van der Waals surface area contributed by atoms with Crippen LogP contribution in [0.2, 0.25) is 5.15 Å². The molecule has 0 bridgehead atoms. The van der Waals surface area contributed by atoms with E-state index < -0.39 is 0 Å². The molecule has 7 nitrogen and oxygen atoms in total. The summed E-state index contributed by atoms with van der Waals surface area (Å²) in [5.74, 6) is 0.753. The minimum absolute atomic E-state index is 0.259. The van der Waals surface area contributed by atoms with Crippen LogP contribution in [0.1, 0.15) is 30.7 Å². The second-order valence-electron chi connectivity index (χ2n) is 7.30. The maximum absolute atomic E-state index is 12.4. The molecule has 0 radical (unpaired) electrons. The molecule has 1 N–H and O–H groups in total. The van der Waals surface area contributed by atoms with E-state index in [0.29, 0.717) is 22.5 Å². The van der Waals surface area contributed by atoms with E-state index in [1.807, 2.05) is 19.9 Å². The number of carbonyl (C=O) groups excluding carboxylic acids is 1. The van der Waals surface area contributed by atoms with Crippen molar-refractivity contribution in [2.75, 3.05) is 5.32 Å². The van der Waals surface area contributed by atoms with Crippen LogP contribution in [-0.2, 0) is 11.3 Å². The van der Waals surface area contributed by atoms with Gasteiger partial charge in [-0.3, -0.25) is 9.48 Å². The van der Waals surface area contributed by atoms with Gasteiger partial charge in [-0.25, -0.2) is 9.97 Å². The van der Waals surface area contributed by atoms with Crippen molar-refractivity contribution in [3.05, 3.63) is 64.7 Å². The van der Waals surface area contributed by atoms with Gasteiger partial charge in [-0.1, -0.05) is 25.4 Å². The predicted octanol–water partition coefficient (Wildman–Crippen LogP) is 5.04. The van der Waals surface area contributed by atoms with Gasteiger partial charge in [-0.05, 0) is 55.7 Å². The van der Waals surface area contributed by atoms with Crippen molar-refractivity contribution < 1.29 is 9.53 Å². The van der Waals surface area contributed by atoms with Crippen molar-refractivity contribution in [2.45, 2.75) is 34.2 Å². The largest absolute Gasteiger partial charge is 0.424 e. The van der Waals surface area contributed by atoms with Gasteiger partial charge in [-0.15, -0.1) is 0 Å². The minimum atomic E-state index is -0.259. The number of carbonyl (C=O) groups is 1. The number of rotatable bonds is 7. The summed E-state index contributed by atoms with van der Waals surface area (Å²) in [6.45, 7) is 8.68. The van der Waals surface area contributed by atoms with E-state index in [4.69, 9.17) is 16.3 Å². The van der Waals surface area contributed by atoms with Crippen molar-refractivity contribution >= 4 is 29.3 Å². The summed E-state index contributed by atoms with van der Waals surface area (Å²) in [6.07, 6.45) is 6.36. The number of anilines is 1. The third kappa shape index (κ3) is 5.45. The van der Waals surface area contributed by atoms with E-state index >= 15 is 0 Å². The number of ether oxygens (including phenoxy) is 1. The van der Waals surface area contributed by atoms with Gasteiger partial charge in [0.25, 0.3) is 0 Å². The van der Waals surface area contributed by atoms with Crippen LogP contribution >= 0.6 is 11.6 Å². The molecular formula is C22H24ClN5O2. The first-order chi connectivity index (χ1) is 14.3. The summed E-state index contributed by atoms with van der Waals surface area (Å²) in [5, 5.41) is 7.85. The lowest BCUT2D eigenvalue weighted by atomic mass is 10.2. The van der Waals surface area contributed by atoms with E-state index in [9.17, 15) is 4.79 Å². The first-order valence-electron chi connectivity index (χ1n) is 9.61. The summed E-state index contributed by atoms with van der Waals surface area (Å²) in [7, 11) is 0. The zero-order valence-corrected chi connectivity index (χ0v) is 18.1. The Bertz CT molecular complexity index is 1060. The molecule has 8 heteroatoms. The molecule has 2 aromatic heterocycles. The zero-order valence-electron chi connectivity index (χ0n) is 17.4. The minimum Gasteiger partial charge on any atom is -0.424 e. The van der Waals surface area contributed by atoms with Crippen LogP contribution in [0.25, 0.3) is 6.08 Å². The van der Waals surface area contributed by atoms with Crippen molar-refractivity contribution in [1.29, 1.82) is 0 Å². The Labute approximate surface area is 180 Å². The van der Waals surface area contributed by atoms with Gasteiger partial charge in [0.1, 0.15) is 10.9 Å². The molecule has 2 heterocycles. The number of aryl methyl sites for hydroxylation is 2. The molecule has 0 atom stereocenters. The molecule has 1 aromatic carbocycles. The number of nitrogens with one attached hydrogen (secondary N) is 1. The van der Waals surface area contributed by atoms with Crippen LogP contribution in [0.15, 0.2) is 42.7 Å². The Balaban J connectivity index is 1.67. The Hall–Kier alpha value is -3.19. The summed E-state index contributed by atoms with van der Waals surface area (Å²) >= 11 is 6.42. The van der Waals surface area contributed by atoms with E-state index in [1.165, 1.54) is 6.08 Å². The average molecular weight is 426 g/mol. The molecule has 156 valence electrons. The van der Waals surface area contributed by atoms with Gasteiger partial charge in [0, 0.05) is 36.3 Å². The molecular weight excluding hydrogens is 402 g/mol. The third-order valence-corrected chi connectivity index (χ3v) is 4.65. The number of amides is 1. The SMILES string of the molecule is Cc1cc(Oc2ncccn2)ccc1NC(=O)C=Cc1c(C)nn(CC(C)C)c1Cl. The zero-order chi connectivity index (χ0) is 21.7. The van der Waals surface area contributed by atoms with Crippen LogP contribution < -0.4 is 10.1 Å². The Morgan fingerprint density at radius 1 is 1.27 bits per heavy atom. The molecule has 0 fully saturated rings. The normalized spacial score (nSPS) is 11.3. The highest BCUT2D eigenvalue weighted by molar-refractivity contribution is 6.31. The molecule has 1 amide bonds. The van der Waals surface area contributed by atoms with Gasteiger partial charge in [-0.2, -0.15) is 5.10 Å². The number of halogens is 1. The Kier molecular flexibility index (Phi) is 6.84. The maximum atomic E-state index is 12.4. The summed E-state index contributed by atoms with van der Waals surface area (Å²) in [4.78, 5) is 20.5. The smallest absolute Gasteiger partial charge is 0.321 e. The fourth-order valence-electron chi connectivity index (χ4n) is 2.84. The summed E-state index contributed by atoms with van der Waals surface area (Å²) < 4.78 is 7.37. The molecule has 0 aliphatic rings. The standard InChI is InChI=1S/C22H24ClN5O2/c1-14(2)13-28-21(23)18(16(4)27-28)7-9-20(29)26-19-8-6-17(12-15(19)3)30-22-24-10-5-11-25-22/h5-12,14H,13H2,1-4H3,(H,26,29). The van der Waals surface area contributed by atoms with Crippen LogP contribution in [-0.4, -0.2) is 25.7 Å². The van der Waals surface area contributed by atoms with Crippen molar-refractivity contribution in [2.24, 2.45) is 5.92 Å². The Morgan fingerprint density at radius 3 is 2.67 bits per heavy atom. The number of hydrogen-bond donors (Lipinski definition) is 1. The van der Waals surface area contributed by atoms with Crippen molar-refractivity contribution in [3.63, 3.8) is 0 Å². The van der Waals surface area contributed by atoms with Gasteiger partial charge in [0.05, 0.1) is 5.69 Å². The molecule has 0 aliphatic carbocycles. The van der Waals surface area contributed by atoms with Crippen LogP contribution in [0, 0.1) is 19.8 Å². The second kappa shape index (κ2) is 9.54. The number of aromatic nitrogens is 4. The van der Waals surface area contributed by atoms with Gasteiger partial charge >= 0.3 is 6.01 Å². The highest BCUT2D eigenvalue weighted by Crippen LogP contribution is 2.25. The van der Waals surface area contributed by atoms with Gasteiger partial charge < -0.3 is 10.1 Å². The highest BCUT2D eigenvalue weighted by Gasteiger charge is 2.12. The summed E-state index contributed by atoms with van der Waals surface area (Å²) in [6, 6.07) is 7.32. The van der Waals surface area contributed by atoms with Crippen LogP contribution in [0.4, 0.5) is 5.69 Å². The van der Waals surface area contributed by atoms with Crippen molar-refractivity contribution in [1.82, 2.24) is 19.7 Å². The Morgan fingerprint density at radius 2 is 2.00 bits per heavy atom. The fourth-order valence-corrected chi connectivity index (χ4v) is 3.15. The number of nitrogens with zero attached hydrogens (tertiary/aromatic N) is 4. The second-order valence-corrected chi connectivity index (χ2v) is 7.66. The van der Waals surface area contributed by atoms with Gasteiger partial charge in [0.15, 0.2) is 0 Å². The highest BCUT2D eigenvalue weighted by atomic mass is 35.5. The third-order valence-electron chi connectivity index (χ3n) is 4.26. The lowest BCUT2D eigenvalue weighted by Crippen LogP contribution is -2.09. The van der Waals surface area contributed by atoms with E-state index in [1.54, 1.807) is 41.4 Å². The monoisotopic (exact) mass is 425 g/mol. The number of hydrogen-bond acceptors (Lipinski definition) is 5. The number of benzene rings is 1. The van der Waals surface area contributed by atoms with Gasteiger partial charge in [0.2, 0.25) is 5.91 Å². The molecule has 0 spiro atoms. The molecule has 0 saturated heterocycles. The molecule has 3 rings (SSSR count). The van der Waals surface area contributed by atoms with Crippen LogP contribution in [0.5, 0.6) is 11.8 Å². The predicted molar refractivity (Wildman–Crippen MR) is 118 cm³/mol. The first kappa shape index (κ1) is 21.5. The van der Waals surface area contributed by atoms with Crippen LogP contribution in [0.3, 0.4) is 0 Å². The average Bonchev–Trinajstić information content (AvgIpc) is 2.95. The fraction of sp³-hybridized carbons (Fsp3) is 0.273.